The van der Waals surface area contributed by atoms with E-state index in [9.17, 15) is 23.9 Å². The molecule has 196 valence electrons. The molecule has 0 saturated carbocycles. The summed E-state index contributed by atoms with van der Waals surface area (Å²) >= 11 is 0. The molecule has 2 atom stereocenters. The summed E-state index contributed by atoms with van der Waals surface area (Å²) in [6.07, 6.45) is -0.702. The van der Waals surface area contributed by atoms with Crippen LogP contribution in [0.15, 0.2) is 29.1 Å². The molecule has 2 N–H and O–H groups in total. The van der Waals surface area contributed by atoms with Crippen LogP contribution in [0.2, 0.25) is 0 Å². The van der Waals surface area contributed by atoms with Gasteiger partial charge < -0.3 is 14.6 Å². The van der Waals surface area contributed by atoms with Crippen molar-refractivity contribution < 1.29 is 28.6 Å². The first-order valence-corrected chi connectivity index (χ1v) is 11.7. The minimum atomic E-state index is -1.49. The van der Waals surface area contributed by atoms with Gasteiger partial charge in [0, 0.05) is 20.0 Å². The first-order chi connectivity index (χ1) is 16.9. The van der Waals surface area contributed by atoms with E-state index in [1.165, 1.54) is 47.9 Å². The van der Waals surface area contributed by atoms with Gasteiger partial charge in [-0.15, -0.1) is 0 Å². The SMILES string of the molecule is COc1c(C(O)NCC(=O)Cc2ccc(F)cc2)nc([C@@H]2CCCN2C(=O)OC(C)(C)C)n(C)c1=O. The molecule has 1 aliphatic rings. The molecule has 3 rings (SSSR count). The van der Waals surface area contributed by atoms with Crippen molar-refractivity contribution in [2.24, 2.45) is 7.05 Å². The summed E-state index contributed by atoms with van der Waals surface area (Å²) in [5.74, 6) is -0.547. The van der Waals surface area contributed by atoms with Crippen LogP contribution in [0.1, 0.15) is 63.0 Å². The van der Waals surface area contributed by atoms with Gasteiger partial charge in [0.15, 0.2) is 12.0 Å². The summed E-state index contributed by atoms with van der Waals surface area (Å²) in [6.45, 7) is 5.54. The topological polar surface area (TPSA) is 123 Å². The number of aliphatic hydroxyl groups is 1. The maximum atomic E-state index is 13.1. The molecule has 2 heterocycles. The Morgan fingerprint density at radius 3 is 2.56 bits per heavy atom. The van der Waals surface area contributed by atoms with Gasteiger partial charge in [-0.25, -0.2) is 14.2 Å². The van der Waals surface area contributed by atoms with Crippen LogP contribution in [0.4, 0.5) is 9.18 Å². The molecule has 11 heteroatoms. The summed E-state index contributed by atoms with van der Waals surface area (Å²) in [5, 5.41) is 13.5. The van der Waals surface area contributed by atoms with Crippen molar-refractivity contribution in [2.75, 3.05) is 20.2 Å². The number of benzene rings is 1. The van der Waals surface area contributed by atoms with Gasteiger partial charge in [0.2, 0.25) is 5.75 Å². The number of halogens is 1. The molecule has 1 aliphatic heterocycles. The monoisotopic (exact) mass is 504 g/mol. The van der Waals surface area contributed by atoms with Crippen molar-refractivity contribution in [3.05, 3.63) is 57.5 Å². The van der Waals surface area contributed by atoms with Gasteiger partial charge >= 0.3 is 6.09 Å². The minimum Gasteiger partial charge on any atom is -0.490 e. The largest absolute Gasteiger partial charge is 0.490 e. The molecular weight excluding hydrogens is 471 g/mol. The fraction of sp³-hybridized carbons (Fsp3) is 0.520. The molecular formula is C25H33FN4O6. The number of aromatic nitrogens is 2. The lowest BCUT2D eigenvalue weighted by Crippen LogP contribution is -2.39. The molecule has 0 spiro atoms. The zero-order valence-corrected chi connectivity index (χ0v) is 21.2. The van der Waals surface area contributed by atoms with Crippen LogP contribution < -0.4 is 15.6 Å². The second-order valence-corrected chi connectivity index (χ2v) is 9.71. The Kier molecular flexibility index (Phi) is 8.47. The molecule has 1 amide bonds. The Hall–Kier alpha value is -3.31. The van der Waals surface area contributed by atoms with Crippen LogP contribution in [-0.2, 0) is 23.0 Å². The van der Waals surface area contributed by atoms with Crippen molar-refractivity contribution in [2.45, 2.75) is 57.9 Å². The van der Waals surface area contributed by atoms with E-state index in [1.807, 2.05) is 0 Å². The number of hydrogen-bond acceptors (Lipinski definition) is 8. The lowest BCUT2D eigenvalue weighted by molar-refractivity contribution is -0.118. The molecule has 1 unspecified atom stereocenters. The van der Waals surface area contributed by atoms with Gasteiger partial charge in [-0.2, -0.15) is 0 Å². The number of ether oxygens (including phenoxy) is 2. The van der Waals surface area contributed by atoms with Crippen LogP contribution in [0.25, 0.3) is 0 Å². The highest BCUT2D eigenvalue weighted by atomic mass is 19.1. The van der Waals surface area contributed by atoms with Gasteiger partial charge in [0.1, 0.15) is 22.9 Å². The van der Waals surface area contributed by atoms with Crippen LogP contribution in [0, 0.1) is 5.82 Å². The van der Waals surface area contributed by atoms with E-state index in [4.69, 9.17) is 9.47 Å². The van der Waals surface area contributed by atoms with E-state index in [1.54, 1.807) is 20.8 Å². The third-order valence-electron chi connectivity index (χ3n) is 5.76. The predicted molar refractivity (Wildman–Crippen MR) is 129 cm³/mol. The first kappa shape index (κ1) is 27.3. The third kappa shape index (κ3) is 6.46. The Morgan fingerprint density at radius 2 is 1.94 bits per heavy atom. The molecule has 1 saturated heterocycles. The fourth-order valence-corrected chi connectivity index (χ4v) is 4.06. The normalized spacial score (nSPS) is 16.6. The molecule has 10 nitrogen and oxygen atoms in total. The summed E-state index contributed by atoms with van der Waals surface area (Å²) in [6, 6.07) is 5.03. The highest BCUT2D eigenvalue weighted by Crippen LogP contribution is 2.33. The highest BCUT2D eigenvalue weighted by molar-refractivity contribution is 5.82. The van der Waals surface area contributed by atoms with Crippen molar-refractivity contribution in [1.29, 1.82) is 0 Å². The van der Waals surface area contributed by atoms with E-state index in [-0.39, 0.29) is 36.0 Å². The summed E-state index contributed by atoms with van der Waals surface area (Å²) in [7, 11) is 2.81. The van der Waals surface area contributed by atoms with Crippen LogP contribution in [-0.4, -0.2) is 57.2 Å². The first-order valence-electron chi connectivity index (χ1n) is 11.7. The quantitative estimate of drug-likeness (QED) is 0.526. The van der Waals surface area contributed by atoms with Crippen LogP contribution in [0.5, 0.6) is 5.75 Å². The minimum absolute atomic E-state index is 0.0410. The zero-order valence-electron chi connectivity index (χ0n) is 21.2. The highest BCUT2D eigenvalue weighted by Gasteiger charge is 2.36. The number of hydrogen-bond donors (Lipinski definition) is 2. The Labute approximate surface area is 209 Å². The van der Waals surface area contributed by atoms with E-state index < -0.39 is 35.3 Å². The number of Topliss-reactive ketones (excluding diaryl/α,β-unsaturated/α-hetero) is 1. The molecule has 1 fully saturated rings. The predicted octanol–water partition coefficient (Wildman–Crippen LogP) is 2.39. The summed E-state index contributed by atoms with van der Waals surface area (Å²) in [5.41, 5.74) is -0.671. The number of carbonyl (C=O) groups excluding carboxylic acids is 2. The van der Waals surface area contributed by atoms with Crippen LogP contribution in [0.3, 0.4) is 0 Å². The van der Waals surface area contributed by atoms with Crippen molar-refractivity contribution in [3.8, 4) is 5.75 Å². The second-order valence-electron chi connectivity index (χ2n) is 9.71. The lowest BCUT2D eigenvalue weighted by Gasteiger charge is -2.29. The van der Waals surface area contributed by atoms with Crippen molar-refractivity contribution in [3.63, 3.8) is 0 Å². The molecule has 0 bridgehead atoms. The maximum Gasteiger partial charge on any atom is 0.410 e. The molecule has 0 aliphatic carbocycles. The number of ketones is 1. The van der Waals surface area contributed by atoms with Crippen molar-refractivity contribution >= 4 is 11.9 Å². The number of amides is 1. The smallest absolute Gasteiger partial charge is 0.410 e. The number of likely N-dealkylation sites (tertiary alicyclic amines) is 1. The molecule has 2 aromatic rings. The number of carbonyl (C=O) groups is 2. The Balaban J connectivity index is 1.81. The van der Waals surface area contributed by atoms with Crippen molar-refractivity contribution in [1.82, 2.24) is 19.8 Å². The lowest BCUT2D eigenvalue weighted by atomic mass is 10.1. The fourth-order valence-electron chi connectivity index (χ4n) is 4.06. The number of nitrogens with one attached hydrogen (secondary N) is 1. The van der Waals surface area contributed by atoms with Gasteiger partial charge in [0.25, 0.3) is 5.56 Å². The van der Waals surface area contributed by atoms with Gasteiger partial charge in [-0.05, 0) is 51.3 Å². The summed E-state index contributed by atoms with van der Waals surface area (Å²) < 4.78 is 25.1. The standard InChI is InChI=1S/C25H33FN4O6/c1-25(2,3)36-24(34)30-12-6-7-18(30)21-28-19(20(35-5)23(33)29(21)4)22(32)27-14-17(31)13-15-8-10-16(26)11-9-15/h8-11,18,22,27,32H,6-7,12-14H2,1-5H3/t18-,22?/m0/s1. The van der Waals surface area contributed by atoms with E-state index in [0.717, 1.165) is 0 Å². The average molecular weight is 505 g/mol. The van der Waals surface area contributed by atoms with Crippen LogP contribution >= 0.6 is 0 Å². The van der Waals surface area contributed by atoms with E-state index in [0.29, 0.717) is 24.9 Å². The number of nitrogens with zero attached hydrogens (tertiary/aromatic N) is 3. The molecule has 1 aromatic carbocycles. The number of methoxy groups -OCH3 is 1. The van der Waals surface area contributed by atoms with Gasteiger partial charge in [0.05, 0.1) is 19.7 Å². The van der Waals surface area contributed by atoms with Gasteiger partial charge in [-0.3, -0.25) is 24.4 Å². The Morgan fingerprint density at radius 1 is 1.28 bits per heavy atom. The van der Waals surface area contributed by atoms with E-state index in [2.05, 4.69) is 10.3 Å². The third-order valence-corrected chi connectivity index (χ3v) is 5.76. The summed E-state index contributed by atoms with van der Waals surface area (Å²) in [4.78, 5) is 44.2. The number of aliphatic hydroxyl groups excluding tert-OH is 1. The number of rotatable bonds is 8. The average Bonchev–Trinajstić information content (AvgIpc) is 3.29. The molecule has 36 heavy (non-hydrogen) atoms. The molecule has 0 radical (unpaired) electrons. The van der Waals surface area contributed by atoms with E-state index >= 15 is 0 Å². The zero-order chi connectivity index (χ0) is 26.6. The Bertz CT molecular complexity index is 1160. The molecule has 1 aromatic heterocycles. The maximum absolute atomic E-state index is 13.1. The second kappa shape index (κ2) is 11.2. The van der Waals surface area contributed by atoms with Gasteiger partial charge in [-0.1, -0.05) is 12.1 Å².